The average molecular weight is 282 g/mol. The summed E-state index contributed by atoms with van der Waals surface area (Å²) in [5.41, 5.74) is -0.652. The Labute approximate surface area is 123 Å². The summed E-state index contributed by atoms with van der Waals surface area (Å²) in [5.74, 6) is 0.761. The Hall–Kier alpha value is -0.450. The molecule has 0 aromatic carbocycles. The van der Waals surface area contributed by atoms with Crippen LogP contribution in [0.4, 0.5) is 0 Å². The van der Waals surface area contributed by atoms with Crippen molar-refractivity contribution in [3.8, 4) is 0 Å². The Morgan fingerprint density at radius 3 is 1.90 bits per heavy atom. The highest BCUT2D eigenvalue weighted by Crippen LogP contribution is 2.41. The largest absolute Gasteiger partial charge is 0.313 e. The highest BCUT2D eigenvalue weighted by Gasteiger charge is 2.47. The molecule has 0 bridgehead atoms. The van der Waals surface area contributed by atoms with E-state index in [1.165, 1.54) is 5.06 Å². The van der Waals surface area contributed by atoms with Crippen molar-refractivity contribution < 1.29 is 10.0 Å². The summed E-state index contributed by atoms with van der Waals surface area (Å²) < 4.78 is 0. The molecule has 0 saturated carbocycles. The molecule has 2 aliphatic heterocycles. The number of piperidine rings is 2. The Morgan fingerprint density at radius 2 is 1.45 bits per heavy atom. The number of hydrogen-bond donors (Lipinski definition) is 1. The second-order valence-corrected chi connectivity index (χ2v) is 8.02. The van der Waals surface area contributed by atoms with Crippen molar-refractivity contribution >= 4 is 5.78 Å². The Kier molecular flexibility index (Phi) is 4.30. The molecule has 2 aliphatic rings. The van der Waals surface area contributed by atoms with Crippen LogP contribution in [0.3, 0.4) is 0 Å². The van der Waals surface area contributed by atoms with Gasteiger partial charge in [-0.3, -0.25) is 4.79 Å². The van der Waals surface area contributed by atoms with Gasteiger partial charge in [0.1, 0.15) is 5.78 Å². The van der Waals surface area contributed by atoms with E-state index in [4.69, 9.17) is 0 Å². The van der Waals surface area contributed by atoms with Gasteiger partial charge in [-0.15, -0.1) is 0 Å². The fraction of sp³-hybridized carbons (Fsp3) is 0.938. The molecular weight excluding hydrogens is 252 g/mol. The third kappa shape index (κ3) is 3.07. The number of carbonyl (C=O) groups is 1. The smallest absolute Gasteiger partial charge is 0.139 e. The van der Waals surface area contributed by atoms with E-state index in [9.17, 15) is 10.0 Å². The molecule has 2 heterocycles. The minimum Gasteiger partial charge on any atom is -0.313 e. The molecule has 0 atom stereocenters. The van der Waals surface area contributed by atoms with Crippen molar-refractivity contribution in [3.63, 3.8) is 0 Å². The third-order valence-corrected chi connectivity index (χ3v) is 5.16. The summed E-state index contributed by atoms with van der Waals surface area (Å²) in [6, 6.07) is 0. The van der Waals surface area contributed by atoms with Crippen molar-refractivity contribution in [1.82, 2.24) is 9.96 Å². The topological polar surface area (TPSA) is 43.8 Å². The van der Waals surface area contributed by atoms with Crippen molar-refractivity contribution in [2.75, 3.05) is 20.1 Å². The molecule has 116 valence electrons. The molecule has 0 aromatic rings. The van der Waals surface area contributed by atoms with Gasteiger partial charge in [0.15, 0.2) is 0 Å². The maximum atomic E-state index is 12.8. The van der Waals surface area contributed by atoms with Crippen molar-refractivity contribution in [2.24, 2.45) is 11.8 Å². The monoisotopic (exact) mass is 282 g/mol. The van der Waals surface area contributed by atoms with Crippen molar-refractivity contribution in [1.29, 1.82) is 0 Å². The second-order valence-electron chi connectivity index (χ2n) is 8.02. The van der Waals surface area contributed by atoms with Gasteiger partial charge in [-0.05, 0) is 73.5 Å². The van der Waals surface area contributed by atoms with E-state index in [0.29, 0.717) is 5.78 Å². The van der Waals surface area contributed by atoms with Gasteiger partial charge in [0, 0.05) is 22.9 Å². The van der Waals surface area contributed by atoms with Crippen LogP contribution in [0.25, 0.3) is 0 Å². The number of Topliss-reactive ketones (excluding diaryl/α,β-unsaturated/α-hetero) is 1. The van der Waals surface area contributed by atoms with Gasteiger partial charge in [-0.2, -0.15) is 5.06 Å². The van der Waals surface area contributed by atoms with Crippen molar-refractivity contribution in [3.05, 3.63) is 0 Å². The molecule has 2 rings (SSSR count). The van der Waals surface area contributed by atoms with E-state index >= 15 is 0 Å². The molecule has 2 saturated heterocycles. The van der Waals surface area contributed by atoms with Crippen LogP contribution < -0.4 is 0 Å². The SMILES string of the molecule is CN1CCC(C(=O)C2CC(C)(C)N(O)C(C)(C)C2)CC1. The van der Waals surface area contributed by atoms with E-state index in [1.807, 2.05) is 27.7 Å². The fourth-order valence-electron chi connectivity index (χ4n) is 4.10. The van der Waals surface area contributed by atoms with E-state index in [2.05, 4.69) is 11.9 Å². The summed E-state index contributed by atoms with van der Waals surface area (Å²) in [4.78, 5) is 15.1. The first-order chi connectivity index (χ1) is 9.13. The lowest BCUT2D eigenvalue weighted by Gasteiger charge is -2.51. The molecule has 0 amide bonds. The predicted octanol–water partition coefficient (Wildman–Crippen LogP) is 2.56. The molecular formula is C16H30N2O2. The minimum absolute atomic E-state index is 0.0943. The summed E-state index contributed by atoms with van der Waals surface area (Å²) in [6.07, 6.45) is 3.52. The number of nitrogens with zero attached hydrogens (tertiary/aromatic N) is 2. The number of rotatable bonds is 2. The molecule has 0 spiro atoms. The van der Waals surface area contributed by atoms with Gasteiger partial charge >= 0.3 is 0 Å². The van der Waals surface area contributed by atoms with Gasteiger partial charge in [-0.1, -0.05) is 0 Å². The standard InChI is InChI=1S/C16H30N2O2/c1-15(2)10-13(11-16(3,4)18(15)20)14(19)12-6-8-17(5)9-7-12/h12-13,20H,6-11H2,1-5H3. The summed E-state index contributed by atoms with van der Waals surface area (Å²) >= 11 is 0. The van der Waals surface area contributed by atoms with E-state index in [1.54, 1.807) is 0 Å². The van der Waals surface area contributed by atoms with Crippen LogP contribution in [0.2, 0.25) is 0 Å². The first-order valence-electron chi connectivity index (χ1n) is 7.85. The highest BCUT2D eigenvalue weighted by molar-refractivity contribution is 5.84. The Morgan fingerprint density at radius 1 is 1.00 bits per heavy atom. The maximum Gasteiger partial charge on any atom is 0.139 e. The normalized spacial score (nSPS) is 29.5. The quantitative estimate of drug-likeness (QED) is 0.845. The number of carbonyl (C=O) groups excluding carboxylic acids is 1. The van der Waals surface area contributed by atoms with E-state index < -0.39 is 0 Å². The summed E-state index contributed by atoms with van der Waals surface area (Å²) in [7, 11) is 2.12. The van der Waals surface area contributed by atoms with Crippen LogP contribution in [0.1, 0.15) is 53.4 Å². The molecule has 1 N–H and O–H groups in total. The molecule has 4 heteroatoms. The predicted molar refractivity (Wildman–Crippen MR) is 79.7 cm³/mol. The summed E-state index contributed by atoms with van der Waals surface area (Å²) in [6.45, 7) is 10.2. The van der Waals surface area contributed by atoms with Crippen LogP contribution >= 0.6 is 0 Å². The number of hydroxylamine groups is 2. The lowest BCUT2D eigenvalue weighted by molar-refractivity contribution is -0.250. The maximum absolute atomic E-state index is 12.8. The molecule has 20 heavy (non-hydrogen) atoms. The van der Waals surface area contributed by atoms with Gasteiger partial charge in [0.05, 0.1) is 0 Å². The van der Waals surface area contributed by atoms with Crippen LogP contribution in [0.15, 0.2) is 0 Å². The van der Waals surface area contributed by atoms with Gasteiger partial charge in [0.2, 0.25) is 0 Å². The van der Waals surface area contributed by atoms with Gasteiger partial charge < -0.3 is 10.1 Å². The van der Waals surface area contributed by atoms with Gasteiger partial charge in [-0.25, -0.2) is 0 Å². The summed E-state index contributed by atoms with van der Waals surface area (Å²) in [5, 5.41) is 11.8. The zero-order valence-corrected chi connectivity index (χ0v) is 13.6. The minimum atomic E-state index is -0.326. The molecule has 0 unspecified atom stereocenters. The van der Waals surface area contributed by atoms with Crippen LogP contribution in [-0.4, -0.2) is 52.2 Å². The van der Waals surface area contributed by atoms with Crippen LogP contribution in [0.5, 0.6) is 0 Å². The number of ketones is 1. The second kappa shape index (κ2) is 5.39. The average Bonchev–Trinajstić information content (AvgIpc) is 2.35. The number of likely N-dealkylation sites (tertiary alicyclic amines) is 1. The molecule has 0 aliphatic carbocycles. The first kappa shape index (κ1) is 15.9. The molecule has 4 nitrogen and oxygen atoms in total. The Bertz CT molecular complexity index is 353. The fourth-order valence-corrected chi connectivity index (χ4v) is 4.10. The highest BCUT2D eigenvalue weighted by atomic mass is 16.5. The van der Waals surface area contributed by atoms with Crippen LogP contribution in [0, 0.1) is 11.8 Å². The van der Waals surface area contributed by atoms with E-state index in [-0.39, 0.29) is 22.9 Å². The third-order valence-electron chi connectivity index (χ3n) is 5.16. The molecule has 0 radical (unpaired) electrons. The lowest BCUT2D eigenvalue weighted by Crippen LogP contribution is -2.60. The molecule has 0 aromatic heterocycles. The Balaban J connectivity index is 2.07. The lowest BCUT2D eigenvalue weighted by atomic mass is 9.70. The zero-order chi connectivity index (χ0) is 15.1. The van der Waals surface area contributed by atoms with Crippen LogP contribution in [-0.2, 0) is 4.79 Å². The molecule has 2 fully saturated rings. The first-order valence-corrected chi connectivity index (χ1v) is 7.85. The van der Waals surface area contributed by atoms with Crippen molar-refractivity contribution in [2.45, 2.75) is 64.5 Å². The number of hydrogen-bond acceptors (Lipinski definition) is 4. The van der Waals surface area contributed by atoms with Gasteiger partial charge in [0.25, 0.3) is 0 Å². The zero-order valence-electron chi connectivity index (χ0n) is 13.6. The van der Waals surface area contributed by atoms with E-state index in [0.717, 1.165) is 38.8 Å².